The molecule has 1 N–H and O–H groups in total. The maximum Gasteiger partial charge on any atom is 0.306 e. The van der Waals surface area contributed by atoms with Gasteiger partial charge >= 0.3 is 5.97 Å². The summed E-state index contributed by atoms with van der Waals surface area (Å²) in [6.07, 6.45) is 1.36. The van der Waals surface area contributed by atoms with E-state index in [1.165, 1.54) is 0 Å². The molecular weight excluding hydrogens is 332 g/mol. The lowest BCUT2D eigenvalue weighted by molar-refractivity contribution is -0.148. The number of carbonyl (C=O) groups is 3. The van der Waals surface area contributed by atoms with Crippen LogP contribution in [0.3, 0.4) is 0 Å². The topological polar surface area (TPSA) is 77.9 Å². The van der Waals surface area contributed by atoms with E-state index < -0.39 is 17.8 Å². The molecule has 1 aromatic rings. The molecule has 1 aromatic carbocycles. The molecule has 2 amide bonds. The van der Waals surface area contributed by atoms with Gasteiger partial charge in [-0.2, -0.15) is 0 Å². The molecule has 0 spiro atoms. The predicted octanol–water partition coefficient (Wildman–Crippen LogP) is 2.02. The van der Waals surface area contributed by atoms with Crippen LogP contribution in [-0.2, 0) is 14.4 Å². The third-order valence-electron chi connectivity index (χ3n) is 4.78. The summed E-state index contributed by atoms with van der Waals surface area (Å²) in [7, 11) is 0. The Morgan fingerprint density at radius 3 is 2.46 bits per heavy atom. The molecule has 1 atom stereocenters. The van der Waals surface area contributed by atoms with Crippen LogP contribution in [0.1, 0.15) is 19.3 Å². The molecule has 2 aliphatic heterocycles. The fraction of sp³-hybridized carbons (Fsp3) is 0.471. The minimum absolute atomic E-state index is 0.187. The summed E-state index contributed by atoms with van der Waals surface area (Å²) in [6.45, 7) is 1.29. The summed E-state index contributed by atoms with van der Waals surface area (Å²) in [5, 5.41) is 9.57. The van der Waals surface area contributed by atoms with Crippen LogP contribution in [-0.4, -0.2) is 47.4 Å². The van der Waals surface area contributed by atoms with Crippen molar-refractivity contribution in [1.29, 1.82) is 0 Å². The van der Waals surface area contributed by atoms with Gasteiger partial charge in [-0.25, -0.2) is 0 Å². The van der Waals surface area contributed by atoms with Gasteiger partial charge < -0.3 is 14.9 Å². The lowest BCUT2D eigenvalue weighted by Gasteiger charge is -2.31. The third kappa shape index (κ3) is 3.24. The number of carboxylic acid groups (broad SMARTS) is 1. The Kier molecular flexibility index (Phi) is 4.76. The number of aliphatic carboxylic acids is 1. The molecule has 7 heteroatoms. The largest absolute Gasteiger partial charge is 0.481 e. The Morgan fingerprint density at radius 2 is 1.83 bits per heavy atom. The van der Waals surface area contributed by atoms with Crippen LogP contribution in [0.25, 0.3) is 0 Å². The summed E-state index contributed by atoms with van der Waals surface area (Å²) in [5.74, 6) is -2.27. The van der Waals surface area contributed by atoms with Crippen molar-refractivity contribution in [3.63, 3.8) is 0 Å². The minimum Gasteiger partial charge on any atom is -0.481 e. The molecule has 2 aliphatic rings. The first-order chi connectivity index (χ1) is 11.5. The number of amides is 2. The number of likely N-dealkylation sites (tertiary alicyclic amines) is 1. The number of hydrogen-bond acceptors (Lipinski definition) is 3. The zero-order valence-corrected chi connectivity index (χ0v) is 13.9. The normalized spacial score (nSPS) is 22.0. The average Bonchev–Trinajstić information content (AvgIpc) is 2.96. The maximum atomic E-state index is 12.6. The van der Waals surface area contributed by atoms with Gasteiger partial charge in [0.15, 0.2) is 0 Å². The monoisotopic (exact) mass is 350 g/mol. The SMILES string of the molecule is O=C(O)C1CCN(C(=O)C2CCN(c3cccc(Cl)c3)C2=O)CC1. The molecule has 0 radical (unpaired) electrons. The maximum absolute atomic E-state index is 12.6. The van der Waals surface area contributed by atoms with Gasteiger partial charge in [0.25, 0.3) is 0 Å². The molecule has 2 fully saturated rings. The molecule has 0 saturated carbocycles. The van der Waals surface area contributed by atoms with Crippen LogP contribution in [0, 0.1) is 11.8 Å². The van der Waals surface area contributed by atoms with Crippen molar-refractivity contribution in [2.24, 2.45) is 11.8 Å². The zero-order chi connectivity index (χ0) is 17.3. The summed E-state index contributed by atoms with van der Waals surface area (Å²) < 4.78 is 0. The zero-order valence-electron chi connectivity index (χ0n) is 13.2. The van der Waals surface area contributed by atoms with Crippen LogP contribution < -0.4 is 4.90 Å². The van der Waals surface area contributed by atoms with Gasteiger partial charge in [0.05, 0.1) is 5.92 Å². The Hall–Kier alpha value is -2.08. The molecule has 0 aromatic heterocycles. The van der Waals surface area contributed by atoms with Gasteiger partial charge in [-0.05, 0) is 37.5 Å². The van der Waals surface area contributed by atoms with Crippen molar-refractivity contribution in [2.75, 3.05) is 24.5 Å². The third-order valence-corrected chi connectivity index (χ3v) is 5.01. The molecule has 3 rings (SSSR count). The highest BCUT2D eigenvalue weighted by Crippen LogP contribution is 2.29. The van der Waals surface area contributed by atoms with E-state index in [-0.39, 0.29) is 11.8 Å². The molecule has 2 heterocycles. The molecule has 2 saturated heterocycles. The molecular formula is C17H19ClN2O4. The number of anilines is 1. The number of piperidine rings is 1. The molecule has 128 valence electrons. The van der Waals surface area contributed by atoms with E-state index in [0.29, 0.717) is 49.6 Å². The van der Waals surface area contributed by atoms with Crippen LogP contribution >= 0.6 is 11.6 Å². The number of carbonyl (C=O) groups excluding carboxylic acids is 2. The van der Waals surface area contributed by atoms with Crippen LogP contribution in [0.4, 0.5) is 5.69 Å². The highest BCUT2D eigenvalue weighted by Gasteiger charge is 2.40. The number of benzene rings is 1. The number of carboxylic acids is 1. The summed E-state index contributed by atoms with van der Waals surface area (Å²) in [4.78, 5) is 39.5. The van der Waals surface area contributed by atoms with Crippen molar-refractivity contribution < 1.29 is 19.5 Å². The molecule has 6 nitrogen and oxygen atoms in total. The van der Waals surface area contributed by atoms with Crippen molar-refractivity contribution in [3.8, 4) is 0 Å². The first-order valence-electron chi connectivity index (χ1n) is 8.06. The second-order valence-corrected chi connectivity index (χ2v) is 6.69. The van der Waals surface area contributed by atoms with Gasteiger partial charge in [-0.15, -0.1) is 0 Å². The van der Waals surface area contributed by atoms with Gasteiger partial charge in [0.1, 0.15) is 5.92 Å². The van der Waals surface area contributed by atoms with Gasteiger partial charge in [0.2, 0.25) is 11.8 Å². The first-order valence-corrected chi connectivity index (χ1v) is 8.43. The highest BCUT2D eigenvalue weighted by atomic mass is 35.5. The van der Waals surface area contributed by atoms with Gasteiger partial charge in [-0.1, -0.05) is 17.7 Å². The summed E-state index contributed by atoms with van der Waals surface area (Å²) in [5.41, 5.74) is 0.701. The Morgan fingerprint density at radius 1 is 1.12 bits per heavy atom. The Bertz CT molecular complexity index is 670. The van der Waals surface area contributed by atoms with Crippen LogP contribution in [0.2, 0.25) is 5.02 Å². The van der Waals surface area contributed by atoms with E-state index in [9.17, 15) is 14.4 Å². The smallest absolute Gasteiger partial charge is 0.306 e. The quantitative estimate of drug-likeness (QED) is 0.846. The number of nitrogens with zero attached hydrogens (tertiary/aromatic N) is 2. The number of rotatable bonds is 3. The fourth-order valence-electron chi connectivity index (χ4n) is 3.38. The predicted molar refractivity (Wildman–Crippen MR) is 88.9 cm³/mol. The lowest BCUT2D eigenvalue weighted by Crippen LogP contribution is -2.45. The minimum atomic E-state index is -0.814. The Labute approximate surface area is 145 Å². The molecule has 24 heavy (non-hydrogen) atoms. The number of hydrogen-bond donors (Lipinski definition) is 1. The molecule has 0 bridgehead atoms. The van der Waals surface area contributed by atoms with E-state index in [2.05, 4.69) is 0 Å². The van der Waals surface area contributed by atoms with Crippen molar-refractivity contribution >= 4 is 35.1 Å². The van der Waals surface area contributed by atoms with Gasteiger partial charge in [0, 0.05) is 30.3 Å². The van der Waals surface area contributed by atoms with Crippen LogP contribution in [0.15, 0.2) is 24.3 Å². The Balaban J connectivity index is 1.65. The summed E-state index contributed by atoms with van der Waals surface area (Å²) >= 11 is 5.97. The van der Waals surface area contributed by atoms with Crippen molar-refractivity contribution in [2.45, 2.75) is 19.3 Å². The fourth-order valence-corrected chi connectivity index (χ4v) is 3.56. The molecule has 0 aliphatic carbocycles. The van der Waals surface area contributed by atoms with Crippen molar-refractivity contribution in [1.82, 2.24) is 4.90 Å². The van der Waals surface area contributed by atoms with E-state index in [1.54, 1.807) is 34.1 Å². The van der Waals surface area contributed by atoms with E-state index >= 15 is 0 Å². The lowest BCUT2D eigenvalue weighted by atomic mass is 9.95. The molecule has 1 unspecified atom stereocenters. The van der Waals surface area contributed by atoms with Crippen LogP contribution in [0.5, 0.6) is 0 Å². The van der Waals surface area contributed by atoms with E-state index in [0.717, 1.165) is 0 Å². The van der Waals surface area contributed by atoms with Crippen molar-refractivity contribution in [3.05, 3.63) is 29.3 Å². The summed E-state index contributed by atoms with van der Waals surface area (Å²) in [6, 6.07) is 7.03. The standard InChI is InChI=1S/C17H19ClN2O4/c18-12-2-1-3-13(10-12)20-9-6-14(16(20)22)15(21)19-7-4-11(5-8-19)17(23)24/h1-3,10-11,14H,4-9H2,(H,23,24). The van der Waals surface area contributed by atoms with Gasteiger partial charge in [-0.3, -0.25) is 14.4 Å². The highest BCUT2D eigenvalue weighted by molar-refractivity contribution is 6.31. The second-order valence-electron chi connectivity index (χ2n) is 6.25. The number of halogens is 1. The van der Waals surface area contributed by atoms with E-state index in [4.69, 9.17) is 16.7 Å². The average molecular weight is 351 g/mol. The second kappa shape index (κ2) is 6.81. The van der Waals surface area contributed by atoms with E-state index in [1.807, 2.05) is 0 Å². The first kappa shape index (κ1) is 16.8.